The second-order valence-electron chi connectivity index (χ2n) is 6.80. The Bertz CT molecular complexity index is 407. The standard InChI is InChI=1S/C16H26O4/c1-15(2,18)13-9-10-16(3,20-13)12-7-5-11(6-8-12)14(17)19-4/h5,12-13,18H,6-10H2,1-4H3/t12-,13-,16-/m0/s1. The number of methoxy groups -OCH3 is 1. The highest BCUT2D eigenvalue weighted by Gasteiger charge is 2.46. The fraction of sp³-hybridized carbons (Fsp3) is 0.812. The summed E-state index contributed by atoms with van der Waals surface area (Å²) >= 11 is 0. The molecule has 4 heteroatoms. The van der Waals surface area contributed by atoms with Crippen LogP contribution in [0, 0.1) is 5.92 Å². The highest BCUT2D eigenvalue weighted by Crippen LogP contribution is 2.44. The predicted octanol–water partition coefficient (Wildman–Crippen LogP) is 2.59. The van der Waals surface area contributed by atoms with Crippen molar-refractivity contribution >= 4 is 5.97 Å². The van der Waals surface area contributed by atoms with Crippen LogP contribution in [0.2, 0.25) is 0 Å². The van der Waals surface area contributed by atoms with E-state index in [1.165, 1.54) is 7.11 Å². The van der Waals surface area contributed by atoms with Crippen LogP contribution in [-0.2, 0) is 14.3 Å². The lowest BCUT2D eigenvalue weighted by Crippen LogP contribution is -2.41. The average Bonchev–Trinajstić information content (AvgIpc) is 2.82. The molecule has 4 nitrogen and oxygen atoms in total. The van der Waals surface area contributed by atoms with Gasteiger partial charge >= 0.3 is 5.97 Å². The van der Waals surface area contributed by atoms with Gasteiger partial charge in [-0.1, -0.05) is 6.08 Å². The molecule has 1 aliphatic heterocycles. The van der Waals surface area contributed by atoms with Gasteiger partial charge in [-0.15, -0.1) is 0 Å². The van der Waals surface area contributed by atoms with Crippen LogP contribution in [0.3, 0.4) is 0 Å². The van der Waals surface area contributed by atoms with Crippen LogP contribution < -0.4 is 0 Å². The van der Waals surface area contributed by atoms with Crippen molar-refractivity contribution in [2.45, 2.75) is 70.2 Å². The molecule has 0 radical (unpaired) electrons. The van der Waals surface area contributed by atoms with Crippen molar-refractivity contribution < 1.29 is 19.4 Å². The molecule has 114 valence electrons. The fourth-order valence-electron chi connectivity index (χ4n) is 3.36. The molecule has 20 heavy (non-hydrogen) atoms. The molecule has 0 unspecified atom stereocenters. The van der Waals surface area contributed by atoms with Crippen molar-refractivity contribution in [3.63, 3.8) is 0 Å². The van der Waals surface area contributed by atoms with Gasteiger partial charge in [0.05, 0.1) is 24.4 Å². The summed E-state index contributed by atoms with van der Waals surface area (Å²) in [6.07, 6.45) is 6.29. The zero-order valence-electron chi connectivity index (χ0n) is 12.9. The van der Waals surface area contributed by atoms with E-state index in [1.807, 2.05) is 6.08 Å². The van der Waals surface area contributed by atoms with E-state index in [0.29, 0.717) is 5.92 Å². The lowest BCUT2D eigenvalue weighted by atomic mass is 9.77. The monoisotopic (exact) mass is 282 g/mol. The largest absolute Gasteiger partial charge is 0.466 e. The van der Waals surface area contributed by atoms with Crippen molar-refractivity contribution in [3.8, 4) is 0 Å². The summed E-state index contributed by atoms with van der Waals surface area (Å²) in [6.45, 7) is 5.75. The minimum atomic E-state index is -0.792. The van der Waals surface area contributed by atoms with Crippen LogP contribution in [0.4, 0.5) is 0 Å². The predicted molar refractivity (Wildman–Crippen MR) is 76.2 cm³/mol. The Morgan fingerprint density at radius 3 is 2.65 bits per heavy atom. The molecule has 0 amide bonds. The Labute approximate surface area is 121 Å². The Morgan fingerprint density at radius 1 is 1.50 bits per heavy atom. The minimum Gasteiger partial charge on any atom is -0.466 e. The van der Waals surface area contributed by atoms with Gasteiger partial charge in [0, 0.05) is 5.57 Å². The fourth-order valence-corrected chi connectivity index (χ4v) is 3.36. The van der Waals surface area contributed by atoms with Crippen molar-refractivity contribution in [2.75, 3.05) is 7.11 Å². The molecule has 0 saturated carbocycles. The number of rotatable bonds is 3. The molecule has 1 saturated heterocycles. The smallest absolute Gasteiger partial charge is 0.333 e. The molecular formula is C16H26O4. The molecule has 0 aromatic rings. The van der Waals surface area contributed by atoms with Crippen LogP contribution in [0.1, 0.15) is 52.9 Å². The van der Waals surface area contributed by atoms with E-state index >= 15 is 0 Å². The second-order valence-corrected chi connectivity index (χ2v) is 6.80. The Balaban J connectivity index is 2.00. The van der Waals surface area contributed by atoms with Gasteiger partial charge < -0.3 is 14.6 Å². The Kier molecular flexibility index (Phi) is 4.26. The van der Waals surface area contributed by atoms with Crippen LogP contribution >= 0.6 is 0 Å². The zero-order chi connectivity index (χ0) is 15.0. The number of carbonyl (C=O) groups is 1. The first-order valence-corrected chi connectivity index (χ1v) is 7.44. The average molecular weight is 282 g/mol. The molecule has 3 atom stereocenters. The van der Waals surface area contributed by atoms with Gasteiger partial charge in [-0.25, -0.2) is 4.79 Å². The number of hydrogen-bond donors (Lipinski definition) is 1. The topological polar surface area (TPSA) is 55.8 Å². The molecule has 0 aromatic carbocycles. The maximum Gasteiger partial charge on any atom is 0.333 e. The van der Waals surface area contributed by atoms with Crippen LogP contribution in [0.15, 0.2) is 11.6 Å². The summed E-state index contributed by atoms with van der Waals surface area (Å²) in [4.78, 5) is 11.5. The third-order valence-electron chi connectivity index (χ3n) is 4.82. The molecule has 2 rings (SSSR count). The molecule has 0 spiro atoms. The van der Waals surface area contributed by atoms with Crippen LogP contribution in [0.25, 0.3) is 0 Å². The molecule has 2 aliphatic rings. The van der Waals surface area contributed by atoms with Crippen LogP contribution in [-0.4, -0.2) is 35.5 Å². The molecular weight excluding hydrogens is 256 g/mol. The number of allylic oxidation sites excluding steroid dienone is 1. The van der Waals surface area contributed by atoms with Crippen molar-refractivity contribution in [2.24, 2.45) is 5.92 Å². The third kappa shape index (κ3) is 3.07. The SMILES string of the molecule is COC(=O)C1=CC[C@H]([C@]2(C)CC[C@@H](C(C)(C)O)O2)CC1. The number of ether oxygens (including phenoxy) is 2. The summed E-state index contributed by atoms with van der Waals surface area (Å²) in [5, 5.41) is 10.1. The van der Waals surface area contributed by atoms with E-state index in [1.54, 1.807) is 13.8 Å². The number of hydrogen-bond acceptors (Lipinski definition) is 4. The van der Waals surface area contributed by atoms with Gasteiger partial charge in [0.2, 0.25) is 0 Å². The maximum absolute atomic E-state index is 11.5. The van der Waals surface area contributed by atoms with Gasteiger partial charge in [0.1, 0.15) is 0 Å². The van der Waals surface area contributed by atoms with E-state index in [-0.39, 0.29) is 17.7 Å². The van der Waals surface area contributed by atoms with E-state index < -0.39 is 5.60 Å². The van der Waals surface area contributed by atoms with Crippen LogP contribution in [0.5, 0.6) is 0 Å². The van der Waals surface area contributed by atoms with Crippen molar-refractivity contribution in [1.82, 2.24) is 0 Å². The summed E-state index contributed by atoms with van der Waals surface area (Å²) in [7, 11) is 1.42. The quantitative estimate of drug-likeness (QED) is 0.808. The van der Waals surface area contributed by atoms with Gasteiger partial charge in [-0.3, -0.25) is 0 Å². The molecule has 1 heterocycles. The molecule has 1 N–H and O–H groups in total. The normalized spacial score (nSPS) is 34.8. The van der Waals surface area contributed by atoms with Crippen molar-refractivity contribution in [1.29, 1.82) is 0 Å². The first-order valence-electron chi connectivity index (χ1n) is 7.44. The summed E-state index contributed by atoms with van der Waals surface area (Å²) in [6, 6.07) is 0. The highest BCUT2D eigenvalue weighted by atomic mass is 16.5. The Hall–Kier alpha value is -0.870. The van der Waals surface area contributed by atoms with E-state index in [9.17, 15) is 9.90 Å². The highest BCUT2D eigenvalue weighted by molar-refractivity contribution is 5.88. The number of carbonyl (C=O) groups excluding carboxylic acids is 1. The van der Waals surface area contributed by atoms with E-state index in [4.69, 9.17) is 9.47 Å². The second kappa shape index (κ2) is 5.49. The van der Waals surface area contributed by atoms with Gasteiger partial charge in [-0.2, -0.15) is 0 Å². The summed E-state index contributed by atoms with van der Waals surface area (Å²) < 4.78 is 10.9. The lowest BCUT2D eigenvalue weighted by molar-refractivity contribution is -0.139. The first kappa shape index (κ1) is 15.5. The molecule has 1 aliphatic carbocycles. The molecule has 1 fully saturated rings. The van der Waals surface area contributed by atoms with Gasteiger partial charge in [-0.05, 0) is 58.8 Å². The third-order valence-corrected chi connectivity index (χ3v) is 4.82. The first-order chi connectivity index (χ1) is 9.26. The summed E-state index contributed by atoms with van der Waals surface area (Å²) in [5.74, 6) is 0.193. The lowest BCUT2D eigenvalue weighted by Gasteiger charge is -2.37. The van der Waals surface area contributed by atoms with Gasteiger partial charge in [0.25, 0.3) is 0 Å². The maximum atomic E-state index is 11.5. The molecule has 0 bridgehead atoms. The summed E-state index contributed by atoms with van der Waals surface area (Å²) in [5.41, 5.74) is -0.202. The number of aliphatic hydroxyl groups is 1. The minimum absolute atomic E-state index is 0.0986. The molecule has 0 aromatic heterocycles. The zero-order valence-corrected chi connectivity index (χ0v) is 12.9. The number of esters is 1. The van der Waals surface area contributed by atoms with E-state index in [2.05, 4.69) is 6.92 Å². The van der Waals surface area contributed by atoms with Gasteiger partial charge in [0.15, 0.2) is 0 Å². The van der Waals surface area contributed by atoms with E-state index in [0.717, 1.165) is 37.7 Å². The van der Waals surface area contributed by atoms with Crippen molar-refractivity contribution in [3.05, 3.63) is 11.6 Å². The Morgan fingerprint density at radius 2 is 2.20 bits per heavy atom.